The second-order valence-corrected chi connectivity index (χ2v) is 5.41. The van der Waals surface area contributed by atoms with Crippen LogP contribution >= 0.6 is 0 Å². The van der Waals surface area contributed by atoms with Gasteiger partial charge in [-0.15, -0.1) is 0 Å². The molecule has 3 N–H and O–H groups in total. The lowest BCUT2D eigenvalue weighted by atomic mass is 10.1. The molecule has 0 aliphatic rings. The Morgan fingerprint density at radius 1 is 1.35 bits per heavy atom. The zero-order valence-corrected chi connectivity index (χ0v) is 13.1. The number of hydrogen-bond acceptors (Lipinski definition) is 3. The Bertz CT molecular complexity index is 458. The zero-order valence-electron chi connectivity index (χ0n) is 13.1. The molecule has 0 spiro atoms. The fourth-order valence-corrected chi connectivity index (χ4v) is 1.84. The molecule has 0 heterocycles. The van der Waals surface area contributed by atoms with Gasteiger partial charge in [0, 0.05) is 17.6 Å². The first-order valence-electron chi connectivity index (χ1n) is 7.18. The van der Waals surface area contributed by atoms with Gasteiger partial charge in [0.05, 0.1) is 0 Å². The minimum absolute atomic E-state index is 0.101. The summed E-state index contributed by atoms with van der Waals surface area (Å²) in [4.78, 5) is 12.0. The van der Waals surface area contributed by atoms with Crippen LogP contribution in [0, 0.1) is 6.92 Å². The van der Waals surface area contributed by atoms with Crippen LogP contribution in [0.25, 0.3) is 0 Å². The highest BCUT2D eigenvalue weighted by Gasteiger charge is 2.18. The van der Waals surface area contributed by atoms with Crippen LogP contribution in [-0.4, -0.2) is 18.1 Å². The number of aryl methyl sites for hydroxylation is 1. The molecule has 0 fully saturated rings. The Labute approximate surface area is 121 Å². The maximum atomic E-state index is 12.0. The number of carbonyl (C=O) groups is 1. The number of nitrogens with two attached hydrogens (primary N) is 1. The molecule has 1 rings (SSSR count). The van der Waals surface area contributed by atoms with Crippen molar-refractivity contribution >= 4 is 5.91 Å². The van der Waals surface area contributed by atoms with E-state index in [1.165, 1.54) is 0 Å². The molecule has 112 valence electrons. The molecule has 0 bridgehead atoms. The van der Waals surface area contributed by atoms with Crippen LogP contribution in [0.4, 0.5) is 0 Å². The predicted octanol–water partition coefficient (Wildman–Crippen LogP) is 2.70. The average molecular weight is 278 g/mol. The molecule has 0 aromatic heterocycles. The molecule has 0 saturated carbocycles. The lowest BCUT2D eigenvalue weighted by Crippen LogP contribution is -2.41. The molecule has 20 heavy (non-hydrogen) atoms. The first-order valence-corrected chi connectivity index (χ1v) is 7.18. The third-order valence-electron chi connectivity index (χ3n) is 3.33. The lowest BCUT2D eigenvalue weighted by molar-refractivity contribution is -0.127. The molecule has 0 aliphatic heterocycles. The van der Waals surface area contributed by atoms with E-state index in [4.69, 9.17) is 10.5 Å². The van der Waals surface area contributed by atoms with Crippen LogP contribution in [0.3, 0.4) is 0 Å². The summed E-state index contributed by atoms with van der Waals surface area (Å²) in [6.45, 7) is 9.68. The Morgan fingerprint density at radius 2 is 2.00 bits per heavy atom. The summed E-state index contributed by atoms with van der Waals surface area (Å²) in [5.74, 6) is 0.577. The molecule has 2 unspecified atom stereocenters. The van der Waals surface area contributed by atoms with Crippen molar-refractivity contribution in [3.8, 4) is 5.75 Å². The number of amides is 1. The van der Waals surface area contributed by atoms with Crippen molar-refractivity contribution in [2.24, 2.45) is 5.73 Å². The monoisotopic (exact) mass is 278 g/mol. The van der Waals surface area contributed by atoms with Gasteiger partial charge in [-0.1, -0.05) is 24.6 Å². The molecule has 0 radical (unpaired) electrons. The molecular weight excluding hydrogens is 252 g/mol. The van der Waals surface area contributed by atoms with Crippen LogP contribution in [0.5, 0.6) is 5.75 Å². The van der Waals surface area contributed by atoms with E-state index in [1.54, 1.807) is 6.92 Å². The Kier molecular flexibility index (Phi) is 6.02. The van der Waals surface area contributed by atoms with Crippen molar-refractivity contribution in [2.75, 3.05) is 0 Å². The summed E-state index contributed by atoms with van der Waals surface area (Å²) >= 11 is 0. The van der Waals surface area contributed by atoms with Gasteiger partial charge in [-0.3, -0.25) is 4.79 Å². The SMILES string of the molecule is CCC(C)NC(=O)C(C)Oc1ccc(C)cc1[C@H](C)N. The number of benzene rings is 1. The highest BCUT2D eigenvalue weighted by atomic mass is 16.5. The Balaban J connectivity index is 2.80. The predicted molar refractivity (Wildman–Crippen MR) is 81.8 cm³/mol. The molecule has 3 atom stereocenters. The molecule has 1 amide bonds. The maximum Gasteiger partial charge on any atom is 0.260 e. The second-order valence-electron chi connectivity index (χ2n) is 5.41. The van der Waals surface area contributed by atoms with E-state index in [9.17, 15) is 4.79 Å². The normalized spacial score (nSPS) is 15.3. The van der Waals surface area contributed by atoms with Gasteiger partial charge < -0.3 is 15.8 Å². The first-order chi connectivity index (χ1) is 9.35. The Hall–Kier alpha value is -1.55. The third kappa shape index (κ3) is 4.53. The standard InChI is InChI=1S/C16H26N2O2/c1-6-11(3)18-16(19)13(5)20-15-8-7-10(2)9-14(15)12(4)17/h7-9,11-13H,6,17H2,1-5H3,(H,18,19)/t11?,12-,13?/m0/s1. The quantitative estimate of drug-likeness (QED) is 0.841. The van der Waals surface area contributed by atoms with Gasteiger partial charge in [-0.2, -0.15) is 0 Å². The molecule has 4 heteroatoms. The van der Waals surface area contributed by atoms with E-state index in [0.29, 0.717) is 5.75 Å². The average Bonchev–Trinajstić information content (AvgIpc) is 2.40. The minimum Gasteiger partial charge on any atom is -0.481 e. The molecule has 4 nitrogen and oxygen atoms in total. The van der Waals surface area contributed by atoms with E-state index in [-0.39, 0.29) is 18.0 Å². The summed E-state index contributed by atoms with van der Waals surface area (Å²) < 4.78 is 5.78. The summed E-state index contributed by atoms with van der Waals surface area (Å²) in [5.41, 5.74) is 8.01. The lowest BCUT2D eigenvalue weighted by Gasteiger charge is -2.20. The molecule has 1 aromatic rings. The number of hydrogen-bond donors (Lipinski definition) is 2. The topological polar surface area (TPSA) is 64.3 Å². The molecule has 1 aromatic carbocycles. The van der Waals surface area contributed by atoms with Gasteiger partial charge in [0.15, 0.2) is 6.10 Å². The van der Waals surface area contributed by atoms with E-state index in [1.807, 2.05) is 45.9 Å². The Morgan fingerprint density at radius 3 is 2.55 bits per heavy atom. The summed E-state index contributed by atoms with van der Waals surface area (Å²) in [5, 5.41) is 2.91. The van der Waals surface area contributed by atoms with Crippen molar-refractivity contribution < 1.29 is 9.53 Å². The van der Waals surface area contributed by atoms with Crippen molar-refractivity contribution in [1.29, 1.82) is 0 Å². The smallest absolute Gasteiger partial charge is 0.260 e. The van der Waals surface area contributed by atoms with E-state index >= 15 is 0 Å². The van der Waals surface area contributed by atoms with Crippen molar-refractivity contribution in [2.45, 2.75) is 59.2 Å². The van der Waals surface area contributed by atoms with Gasteiger partial charge in [0.25, 0.3) is 5.91 Å². The van der Waals surface area contributed by atoms with Gasteiger partial charge in [-0.25, -0.2) is 0 Å². The number of rotatable bonds is 6. The number of carbonyl (C=O) groups excluding carboxylic acids is 1. The van der Waals surface area contributed by atoms with Gasteiger partial charge in [0.2, 0.25) is 0 Å². The van der Waals surface area contributed by atoms with Crippen molar-refractivity contribution in [3.63, 3.8) is 0 Å². The summed E-state index contributed by atoms with van der Waals surface area (Å²) in [6.07, 6.45) is 0.359. The van der Waals surface area contributed by atoms with Crippen LogP contribution in [0.15, 0.2) is 18.2 Å². The first kappa shape index (κ1) is 16.5. The maximum absolute atomic E-state index is 12.0. The van der Waals surface area contributed by atoms with E-state index in [0.717, 1.165) is 17.5 Å². The molecule has 0 saturated heterocycles. The largest absolute Gasteiger partial charge is 0.481 e. The zero-order chi connectivity index (χ0) is 15.3. The third-order valence-corrected chi connectivity index (χ3v) is 3.33. The van der Waals surface area contributed by atoms with E-state index in [2.05, 4.69) is 5.32 Å². The number of ether oxygens (including phenoxy) is 1. The highest BCUT2D eigenvalue weighted by molar-refractivity contribution is 5.81. The summed E-state index contributed by atoms with van der Waals surface area (Å²) in [6, 6.07) is 5.86. The van der Waals surface area contributed by atoms with Crippen LogP contribution < -0.4 is 15.8 Å². The van der Waals surface area contributed by atoms with Crippen LogP contribution in [0.1, 0.15) is 51.3 Å². The van der Waals surface area contributed by atoms with Gasteiger partial charge in [0.1, 0.15) is 5.75 Å². The fourth-order valence-electron chi connectivity index (χ4n) is 1.84. The van der Waals surface area contributed by atoms with Crippen molar-refractivity contribution in [1.82, 2.24) is 5.32 Å². The highest BCUT2D eigenvalue weighted by Crippen LogP contribution is 2.26. The fraction of sp³-hybridized carbons (Fsp3) is 0.562. The van der Waals surface area contributed by atoms with Crippen LogP contribution in [-0.2, 0) is 4.79 Å². The minimum atomic E-state index is -0.538. The molecule has 0 aliphatic carbocycles. The second kappa shape index (κ2) is 7.29. The van der Waals surface area contributed by atoms with E-state index < -0.39 is 6.10 Å². The molecular formula is C16H26N2O2. The van der Waals surface area contributed by atoms with Gasteiger partial charge >= 0.3 is 0 Å². The number of nitrogens with one attached hydrogen (secondary N) is 1. The van der Waals surface area contributed by atoms with Gasteiger partial charge in [-0.05, 0) is 40.2 Å². The van der Waals surface area contributed by atoms with Crippen molar-refractivity contribution in [3.05, 3.63) is 29.3 Å². The van der Waals surface area contributed by atoms with Crippen LogP contribution in [0.2, 0.25) is 0 Å². The summed E-state index contributed by atoms with van der Waals surface area (Å²) in [7, 11) is 0.